The van der Waals surface area contributed by atoms with E-state index in [2.05, 4.69) is 10.2 Å². The molecule has 2 aromatic rings. The summed E-state index contributed by atoms with van der Waals surface area (Å²) in [6, 6.07) is 13.8. The Morgan fingerprint density at radius 1 is 1.17 bits per heavy atom. The molecule has 1 unspecified atom stereocenters. The fourth-order valence-corrected chi connectivity index (χ4v) is 3.23. The third-order valence-corrected chi connectivity index (χ3v) is 4.49. The van der Waals surface area contributed by atoms with E-state index in [-0.39, 0.29) is 18.4 Å². The number of fused-ring (bicyclic) bond motifs is 1. The Labute approximate surface area is 141 Å². The predicted molar refractivity (Wildman–Crippen MR) is 93.1 cm³/mol. The van der Waals surface area contributed by atoms with E-state index >= 15 is 0 Å². The second-order valence-corrected chi connectivity index (χ2v) is 6.32. The van der Waals surface area contributed by atoms with Gasteiger partial charge in [0.05, 0.1) is 6.42 Å². The van der Waals surface area contributed by atoms with Gasteiger partial charge >= 0.3 is 5.97 Å². The predicted octanol–water partition coefficient (Wildman–Crippen LogP) is 2.51. The van der Waals surface area contributed by atoms with Gasteiger partial charge in [-0.1, -0.05) is 30.3 Å². The Morgan fingerprint density at radius 2 is 1.96 bits per heavy atom. The molecule has 2 aromatic carbocycles. The molecule has 1 saturated heterocycles. The number of benzene rings is 2. The van der Waals surface area contributed by atoms with Crippen molar-refractivity contribution in [1.29, 1.82) is 0 Å². The highest BCUT2D eigenvalue weighted by molar-refractivity contribution is 5.98. The number of hydrogen-bond acceptors (Lipinski definition) is 3. The van der Waals surface area contributed by atoms with Crippen LogP contribution in [0.25, 0.3) is 10.8 Å². The topological polar surface area (TPSA) is 69.6 Å². The monoisotopic (exact) mass is 326 g/mol. The van der Waals surface area contributed by atoms with E-state index in [0.29, 0.717) is 18.7 Å². The highest BCUT2D eigenvalue weighted by atomic mass is 16.4. The third kappa shape index (κ3) is 4.11. The molecule has 0 aliphatic carbocycles. The first-order valence-electron chi connectivity index (χ1n) is 8.35. The Kier molecular flexibility index (Phi) is 5.11. The van der Waals surface area contributed by atoms with Gasteiger partial charge < -0.3 is 15.3 Å². The van der Waals surface area contributed by atoms with Gasteiger partial charge in [0.2, 0.25) is 0 Å². The maximum atomic E-state index is 12.5. The summed E-state index contributed by atoms with van der Waals surface area (Å²) < 4.78 is 0. The van der Waals surface area contributed by atoms with Crippen molar-refractivity contribution in [3.63, 3.8) is 0 Å². The second kappa shape index (κ2) is 7.45. The Balaban J connectivity index is 1.61. The van der Waals surface area contributed by atoms with Gasteiger partial charge in [-0.3, -0.25) is 9.59 Å². The number of hydrogen-bond donors (Lipinski definition) is 2. The molecular weight excluding hydrogens is 304 g/mol. The van der Waals surface area contributed by atoms with Crippen LogP contribution in [0, 0.1) is 0 Å². The van der Waals surface area contributed by atoms with Crippen molar-refractivity contribution < 1.29 is 14.7 Å². The number of nitrogens with one attached hydrogen (secondary N) is 1. The molecule has 0 bridgehead atoms. The van der Waals surface area contributed by atoms with Crippen LogP contribution in [0.1, 0.15) is 29.6 Å². The van der Waals surface area contributed by atoms with Crippen molar-refractivity contribution in [1.82, 2.24) is 10.2 Å². The van der Waals surface area contributed by atoms with Crippen molar-refractivity contribution in [2.24, 2.45) is 0 Å². The average molecular weight is 326 g/mol. The number of carbonyl (C=O) groups is 2. The second-order valence-electron chi connectivity index (χ2n) is 6.32. The van der Waals surface area contributed by atoms with Gasteiger partial charge in [-0.25, -0.2) is 0 Å². The van der Waals surface area contributed by atoms with Gasteiger partial charge in [-0.05, 0) is 42.3 Å². The molecule has 1 atom stereocenters. The highest BCUT2D eigenvalue weighted by Crippen LogP contribution is 2.16. The molecule has 1 fully saturated rings. The number of nitrogens with zero attached hydrogens (tertiary/aromatic N) is 1. The number of aliphatic carboxylic acids is 1. The van der Waals surface area contributed by atoms with Crippen LogP contribution in [0.2, 0.25) is 0 Å². The lowest BCUT2D eigenvalue weighted by molar-refractivity contribution is -0.137. The minimum Gasteiger partial charge on any atom is -0.481 e. The van der Waals surface area contributed by atoms with Crippen LogP contribution in [0.15, 0.2) is 42.5 Å². The van der Waals surface area contributed by atoms with Gasteiger partial charge in [0.25, 0.3) is 5.91 Å². The quantitative estimate of drug-likeness (QED) is 0.886. The number of carboxylic acid groups (broad SMARTS) is 1. The molecule has 0 aromatic heterocycles. The fraction of sp³-hybridized carbons (Fsp3) is 0.368. The molecule has 0 saturated carbocycles. The zero-order valence-electron chi connectivity index (χ0n) is 13.6. The summed E-state index contributed by atoms with van der Waals surface area (Å²) in [7, 11) is 0. The standard InChI is InChI=1S/C19H22N2O3/c22-18(23)9-11-21-10-3-6-17(13-21)20-19(24)16-8-7-14-4-1-2-5-15(14)12-16/h1-2,4-5,7-8,12,17H,3,6,9-11,13H2,(H,20,24)(H,22,23). The van der Waals surface area contributed by atoms with E-state index < -0.39 is 5.97 Å². The van der Waals surface area contributed by atoms with Crippen molar-refractivity contribution in [3.05, 3.63) is 48.0 Å². The van der Waals surface area contributed by atoms with E-state index in [4.69, 9.17) is 5.11 Å². The minimum absolute atomic E-state index is 0.0640. The first kappa shape index (κ1) is 16.5. The van der Waals surface area contributed by atoms with E-state index in [0.717, 1.165) is 30.2 Å². The van der Waals surface area contributed by atoms with Gasteiger partial charge in [-0.2, -0.15) is 0 Å². The summed E-state index contributed by atoms with van der Waals surface area (Å²) in [5.74, 6) is -0.844. The molecule has 24 heavy (non-hydrogen) atoms. The lowest BCUT2D eigenvalue weighted by Gasteiger charge is -2.32. The summed E-state index contributed by atoms with van der Waals surface area (Å²) in [6.45, 7) is 2.15. The lowest BCUT2D eigenvalue weighted by Crippen LogP contribution is -2.48. The molecule has 0 spiro atoms. The smallest absolute Gasteiger partial charge is 0.304 e. The SMILES string of the molecule is O=C(O)CCN1CCCC(NC(=O)c2ccc3ccccc3c2)C1. The molecule has 1 amide bonds. The molecule has 5 nitrogen and oxygen atoms in total. The van der Waals surface area contributed by atoms with Crippen LogP contribution in [0.5, 0.6) is 0 Å². The van der Waals surface area contributed by atoms with Crippen molar-refractivity contribution >= 4 is 22.6 Å². The number of rotatable bonds is 5. The fourth-order valence-electron chi connectivity index (χ4n) is 3.23. The van der Waals surface area contributed by atoms with Gasteiger partial charge in [0.15, 0.2) is 0 Å². The molecule has 1 aliphatic rings. The number of piperidine rings is 1. The van der Waals surface area contributed by atoms with Crippen LogP contribution >= 0.6 is 0 Å². The zero-order valence-corrected chi connectivity index (χ0v) is 13.6. The van der Waals surface area contributed by atoms with Crippen LogP contribution in [-0.2, 0) is 4.79 Å². The third-order valence-electron chi connectivity index (χ3n) is 4.49. The first-order chi connectivity index (χ1) is 11.6. The van der Waals surface area contributed by atoms with Gasteiger partial charge in [0, 0.05) is 24.7 Å². The van der Waals surface area contributed by atoms with Crippen LogP contribution in [0.3, 0.4) is 0 Å². The molecular formula is C19H22N2O3. The van der Waals surface area contributed by atoms with Crippen molar-refractivity contribution in [2.75, 3.05) is 19.6 Å². The van der Waals surface area contributed by atoms with E-state index in [1.165, 1.54) is 0 Å². The zero-order chi connectivity index (χ0) is 16.9. The number of carbonyl (C=O) groups excluding carboxylic acids is 1. The summed E-state index contributed by atoms with van der Waals surface area (Å²) in [5.41, 5.74) is 0.663. The lowest BCUT2D eigenvalue weighted by atomic mass is 10.0. The normalized spacial score (nSPS) is 18.4. The number of likely N-dealkylation sites (tertiary alicyclic amines) is 1. The molecule has 5 heteroatoms. The molecule has 126 valence electrons. The van der Waals surface area contributed by atoms with Crippen LogP contribution in [-0.4, -0.2) is 47.6 Å². The summed E-state index contributed by atoms with van der Waals surface area (Å²) >= 11 is 0. The first-order valence-corrected chi connectivity index (χ1v) is 8.35. The van der Waals surface area contributed by atoms with Crippen molar-refractivity contribution in [3.8, 4) is 0 Å². The van der Waals surface area contributed by atoms with Crippen LogP contribution < -0.4 is 5.32 Å². The largest absolute Gasteiger partial charge is 0.481 e. The van der Waals surface area contributed by atoms with Gasteiger partial charge in [-0.15, -0.1) is 0 Å². The number of amides is 1. The Bertz CT molecular complexity index is 744. The maximum Gasteiger partial charge on any atom is 0.304 e. The molecule has 1 heterocycles. The summed E-state index contributed by atoms with van der Waals surface area (Å²) in [6.07, 6.45) is 2.05. The maximum absolute atomic E-state index is 12.5. The molecule has 0 radical (unpaired) electrons. The van der Waals surface area contributed by atoms with E-state index in [1.54, 1.807) is 0 Å². The Morgan fingerprint density at radius 3 is 2.75 bits per heavy atom. The Hall–Kier alpha value is -2.40. The van der Waals surface area contributed by atoms with E-state index in [9.17, 15) is 9.59 Å². The minimum atomic E-state index is -0.780. The van der Waals surface area contributed by atoms with Crippen LogP contribution in [0.4, 0.5) is 0 Å². The van der Waals surface area contributed by atoms with Gasteiger partial charge in [0.1, 0.15) is 0 Å². The highest BCUT2D eigenvalue weighted by Gasteiger charge is 2.22. The van der Waals surface area contributed by atoms with E-state index in [1.807, 2.05) is 42.5 Å². The number of carboxylic acids is 1. The van der Waals surface area contributed by atoms with Crippen molar-refractivity contribution in [2.45, 2.75) is 25.3 Å². The summed E-state index contributed by atoms with van der Waals surface area (Å²) in [4.78, 5) is 25.3. The average Bonchev–Trinajstić information content (AvgIpc) is 2.60. The summed E-state index contributed by atoms with van der Waals surface area (Å²) in [5, 5.41) is 14.1. The molecule has 2 N–H and O–H groups in total. The molecule has 3 rings (SSSR count). The molecule has 1 aliphatic heterocycles.